The van der Waals surface area contributed by atoms with Crippen molar-refractivity contribution in [3.05, 3.63) is 35.9 Å². The molecule has 1 aromatic carbocycles. The van der Waals surface area contributed by atoms with Gasteiger partial charge in [-0.25, -0.2) is 8.42 Å². The van der Waals surface area contributed by atoms with Gasteiger partial charge in [-0.1, -0.05) is 37.3 Å². The van der Waals surface area contributed by atoms with E-state index in [1.165, 1.54) is 0 Å². The molecule has 13 heavy (non-hydrogen) atoms. The molecule has 0 amide bonds. The standard InChI is InChI=1S/C9H11ClO2S/c1-2-9(13(10,11)12)8-6-4-3-5-7-8/h3-7,9H,2H2,1H3/t9-/m0/s1. The van der Waals surface area contributed by atoms with Gasteiger partial charge in [0.2, 0.25) is 9.05 Å². The first kappa shape index (κ1) is 10.5. The van der Waals surface area contributed by atoms with Crippen LogP contribution in [0.25, 0.3) is 0 Å². The highest BCUT2D eigenvalue weighted by molar-refractivity contribution is 8.13. The molecule has 0 heterocycles. The van der Waals surface area contributed by atoms with E-state index in [9.17, 15) is 8.42 Å². The molecular formula is C9H11ClO2S. The Kier molecular flexibility index (Phi) is 3.33. The minimum absolute atomic E-state index is 0.496. The lowest BCUT2D eigenvalue weighted by Gasteiger charge is -2.10. The first-order valence-electron chi connectivity index (χ1n) is 4.04. The maximum atomic E-state index is 11.1. The maximum absolute atomic E-state index is 11.1. The Hall–Kier alpha value is -0.540. The molecule has 0 fully saturated rings. The van der Waals surface area contributed by atoms with Crippen LogP contribution in [0.4, 0.5) is 0 Å². The van der Waals surface area contributed by atoms with Crippen molar-refractivity contribution in [2.45, 2.75) is 18.6 Å². The minimum atomic E-state index is -3.50. The van der Waals surface area contributed by atoms with E-state index in [0.717, 1.165) is 5.56 Å². The number of rotatable bonds is 3. The van der Waals surface area contributed by atoms with Crippen molar-refractivity contribution in [1.82, 2.24) is 0 Å². The van der Waals surface area contributed by atoms with Gasteiger partial charge in [0.25, 0.3) is 0 Å². The second-order valence-corrected chi connectivity index (χ2v) is 5.59. The summed E-state index contributed by atoms with van der Waals surface area (Å²) in [6.07, 6.45) is 0.496. The Labute approximate surface area is 83.0 Å². The summed E-state index contributed by atoms with van der Waals surface area (Å²) < 4.78 is 22.3. The van der Waals surface area contributed by atoms with Crippen LogP contribution in [-0.4, -0.2) is 8.42 Å². The van der Waals surface area contributed by atoms with E-state index in [1.54, 1.807) is 31.2 Å². The van der Waals surface area contributed by atoms with Gasteiger partial charge in [-0.05, 0) is 12.0 Å². The van der Waals surface area contributed by atoms with Gasteiger partial charge in [-0.2, -0.15) is 0 Å². The summed E-state index contributed by atoms with van der Waals surface area (Å²) in [7, 11) is 1.81. The molecule has 0 aromatic heterocycles. The smallest absolute Gasteiger partial charge is 0.212 e. The van der Waals surface area contributed by atoms with Crippen LogP contribution in [-0.2, 0) is 9.05 Å². The van der Waals surface area contributed by atoms with Crippen LogP contribution < -0.4 is 0 Å². The molecule has 0 unspecified atom stereocenters. The second-order valence-electron chi connectivity index (χ2n) is 2.78. The van der Waals surface area contributed by atoms with Crippen molar-refractivity contribution in [3.8, 4) is 0 Å². The molecule has 0 saturated carbocycles. The van der Waals surface area contributed by atoms with E-state index < -0.39 is 14.3 Å². The summed E-state index contributed by atoms with van der Waals surface area (Å²) in [5.74, 6) is 0. The molecule has 0 bridgehead atoms. The van der Waals surface area contributed by atoms with Gasteiger partial charge in [-0.15, -0.1) is 0 Å². The zero-order valence-electron chi connectivity index (χ0n) is 7.27. The first-order chi connectivity index (χ1) is 6.05. The minimum Gasteiger partial charge on any atom is -0.212 e. The van der Waals surface area contributed by atoms with Gasteiger partial charge in [0, 0.05) is 10.7 Å². The molecule has 0 aliphatic heterocycles. The third-order valence-corrected chi connectivity index (χ3v) is 3.81. The largest absolute Gasteiger partial charge is 0.239 e. The molecule has 0 aliphatic rings. The highest BCUT2D eigenvalue weighted by Crippen LogP contribution is 2.28. The van der Waals surface area contributed by atoms with Crippen molar-refractivity contribution in [1.29, 1.82) is 0 Å². The lowest BCUT2D eigenvalue weighted by molar-refractivity contribution is 0.594. The summed E-state index contributed by atoms with van der Waals surface area (Å²) in [4.78, 5) is 0. The molecule has 72 valence electrons. The Bertz CT molecular complexity index is 358. The molecule has 1 rings (SSSR count). The molecule has 0 aliphatic carbocycles. The normalized spacial score (nSPS) is 14.0. The van der Waals surface area contributed by atoms with Crippen molar-refractivity contribution in [2.24, 2.45) is 0 Å². The fourth-order valence-electron chi connectivity index (χ4n) is 1.27. The number of hydrogen-bond donors (Lipinski definition) is 0. The van der Waals surface area contributed by atoms with Crippen LogP contribution >= 0.6 is 10.7 Å². The van der Waals surface area contributed by atoms with Crippen LogP contribution in [0.5, 0.6) is 0 Å². The van der Waals surface area contributed by atoms with Gasteiger partial charge < -0.3 is 0 Å². The summed E-state index contributed by atoms with van der Waals surface area (Å²) in [6, 6.07) is 9.00. The second kappa shape index (κ2) is 4.11. The number of benzene rings is 1. The third kappa shape index (κ3) is 2.71. The third-order valence-electron chi connectivity index (χ3n) is 1.88. The van der Waals surface area contributed by atoms with Gasteiger partial charge in [-0.3, -0.25) is 0 Å². The predicted octanol–water partition coefficient (Wildman–Crippen LogP) is 2.71. The summed E-state index contributed by atoms with van der Waals surface area (Å²) in [5, 5.41) is -0.588. The van der Waals surface area contributed by atoms with Crippen LogP contribution in [0.2, 0.25) is 0 Å². The van der Waals surface area contributed by atoms with E-state index in [0.29, 0.717) is 6.42 Å². The molecule has 1 aromatic rings. The number of hydrogen-bond acceptors (Lipinski definition) is 2. The lowest BCUT2D eigenvalue weighted by atomic mass is 10.1. The van der Waals surface area contributed by atoms with Crippen molar-refractivity contribution in [2.75, 3.05) is 0 Å². The van der Waals surface area contributed by atoms with Gasteiger partial charge in [0.1, 0.15) is 5.25 Å². The first-order valence-corrected chi connectivity index (χ1v) is 6.41. The van der Waals surface area contributed by atoms with Crippen molar-refractivity contribution in [3.63, 3.8) is 0 Å². The van der Waals surface area contributed by atoms with Gasteiger partial charge in [0.05, 0.1) is 0 Å². The fourth-order valence-corrected chi connectivity index (χ4v) is 2.83. The average Bonchev–Trinajstić information content (AvgIpc) is 2.05. The Morgan fingerprint density at radius 1 is 1.31 bits per heavy atom. The predicted molar refractivity (Wildman–Crippen MR) is 54.2 cm³/mol. The fraction of sp³-hybridized carbons (Fsp3) is 0.333. The molecule has 0 spiro atoms. The van der Waals surface area contributed by atoms with E-state index in [4.69, 9.17) is 10.7 Å². The van der Waals surface area contributed by atoms with Crippen molar-refractivity contribution < 1.29 is 8.42 Å². The van der Waals surface area contributed by atoms with E-state index in [1.807, 2.05) is 6.07 Å². The molecule has 4 heteroatoms. The molecule has 0 N–H and O–H groups in total. The zero-order valence-corrected chi connectivity index (χ0v) is 8.85. The highest BCUT2D eigenvalue weighted by Gasteiger charge is 2.22. The van der Waals surface area contributed by atoms with E-state index >= 15 is 0 Å². The van der Waals surface area contributed by atoms with E-state index in [2.05, 4.69) is 0 Å². The number of halogens is 1. The SMILES string of the molecule is CC[C@@H](c1ccccc1)S(=O)(=O)Cl. The van der Waals surface area contributed by atoms with Crippen LogP contribution in [0.15, 0.2) is 30.3 Å². The topological polar surface area (TPSA) is 34.1 Å². The van der Waals surface area contributed by atoms with E-state index in [-0.39, 0.29) is 0 Å². The summed E-state index contributed by atoms with van der Waals surface area (Å²) in [6.45, 7) is 1.80. The van der Waals surface area contributed by atoms with Crippen molar-refractivity contribution >= 4 is 19.7 Å². The van der Waals surface area contributed by atoms with Crippen LogP contribution in [0.1, 0.15) is 24.2 Å². The van der Waals surface area contributed by atoms with Gasteiger partial charge >= 0.3 is 0 Å². The van der Waals surface area contributed by atoms with Crippen LogP contribution in [0.3, 0.4) is 0 Å². The highest BCUT2D eigenvalue weighted by atomic mass is 35.7. The average molecular weight is 219 g/mol. The molecular weight excluding hydrogens is 208 g/mol. The molecule has 2 nitrogen and oxygen atoms in total. The molecule has 0 radical (unpaired) electrons. The molecule has 0 saturated heterocycles. The summed E-state index contributed by atoms with van der Waals surface area (Å²) >= 11 is 0. The Balaban J connectivity index is 3.06. The lowest BCUT2D eigenvalue weighted by Crippen LogP contribution is -2.05. The quantitative estimate of drug-likeness (QED) is 0.732. The summed E-state index contributed by atoms with van der Waals surface area (Å²) in [5.41, 5.74) is 0.750. The Morgan fingerprint density at radius 3 is 2.23 bits per heavy atom. The zero-order chi connectivity index (χ0) is 9.90. The Morgan fingerprint density at radius 2 is 1.85 bits per heavy atom. The monoisotopic (exact) mass is 218 g/mol. The molecule has 1 atom stereocenters. The van der Waals surface area contributed by atoms with Gasteiger partial charge in [0.15, 0.2) is 0 Å². The maximum Gasteiger partial charge on any atom is 0.239 e. The van der Waals surface area contributed by atoms with Crippen LogP contribution in [0, 0.1) is 0 Å².